The van der Waals surface area contributed by atoms with Crippen LogP contribution in [0.25, 0.3) is 0 Å². The van der Waals surface area contributed by atoms with Gasteiger partial charge in [-0.3, -0.25) is 9.59 Å². The number of pyridine rings is 1. The van der Waals surface area contributed by atoms with Gasteiger partial charge in [-0.05, 0) is 18.6 Å². The van der Waals surface area contributed by atoms with Crippen LogP contribution in [-0.2, 0) is 4.79 Å². The zero-order valence-corrected chi connectivity index (χ0v) is 11.4. The standard InChI is InChI=1S/C14H15N3O4/c18-12-2-1-10-8-16(5-6-17(10)12)13(19)9-3-4-15-11(7-9)14(20)21/h3-4,7,10H,1-2,5-6,8H2,(H,20,21). The Balaban J connectivity index is 1.75. The summed E-state index contributed by atoms with van der Waals surface area (Å²) in [4.78, 5) is 42.2. The van der Waals surface area contributed by atoms with Crippen molar-refractivity contribution in [2.45, 2.75) is 18.9 Å². The number of carboxylic acids is 1. The molecule has 7 nitrogen and oxygen atoms in total. The predicted molar refractivity (Wildman–Crippen MR) is 71.8 cm³/mol. The van der Waals surface area contributed by atoms with Crippen LogP contribution in [0.4, 0.5) is 0 Å². The third kappa shape index (κ3) is 2.46. The summed E-state index contributed by atoms with van der Waals surface area (Å²) in [5, 5.41) is 8.92. The van der Waals surface area contributed by atoms with Crippen LogP contribution >= 0.6 is 0 Å². The minimum Gasteiger partial charge on any atom is -0.477 e. The van der Waals surface area contributed by atoms with E-state index in [2.05, 4.69) is 4.98 Å². The third-order valence-electron chi connectivity index (χ3n) is 4.01. The van der Waals surface area contributed by atoms with Crippen molar-refractivity contribution in [2.75, 3.05) is 19.6 Å². The lowest BCUT2D eigenvalue weighted by Gasteiger charge is -2.37. The van der Waals surface area contributed by atoms with Crippen LogP contribution in [0, 0.1) is 0 Å². The van der Waals surface area contributed by atoms with Gasteiger partial charge in [0.1, 0.15) is 5.69 Å². The molecule has 0 aromatic carbocycles. The molecular weight excluding hydrogens is 274 g/mol. The van der Waals surface area contributed by atoms with Crippen LogP contribution in [0.2, 0.25) is 0 Å². The molecule has 0 bridgehead atoms. The highest BCUT2D eigenvalue weighted by atomic mass is 16.4. The molecule has 21 heavy (non-hydrogen) atoms. The molecule has 3 rings (SSSR count). The average molecular weight is 289 g/mol. The van der Waals surface area contributed by atoms with E-state index < -0.39 is 5.97 Å². The van der Waals surface area contributed by atoms with Crippen LogP contribution in [0.3, 0.4) is 0 Å². The first-order valence-electron chi connectivity index (χ1n) is 6.84. The number of carbonyl (C=O) groups excluding carboxylic acids is 2. The molecule has 0 saturated carbocycles. The molecule has 7 heteroatoms. The largest absolute Gasteiger partial charge is 0.477 e. The number of hydrogen-bond donors (Lipinski definition) is 1. The van der Waals surface area contributed by atoms with E-state index in [1.165, 1.54) is 18.3 Å². The Kier molecular flexibility index (Phi) is 3.32. The molecule has 1 N–H and O–H groups in total. The van der Waals surface area contributed by atoms with E-state index in [4.69, 9.17) is 5.11 Å². The third-order valence-corrected chi connectivity index (χ3v) is 4.01. The Bertz CT molecular complexity index is 616. The SMILES string of the molecule is O=C(O)c1cc(C(=O)N2CCN3C(=O)CCC3C2)ccn1. The topological polar surface area (TPSA) is 90.8 Å². The molecule has 110 valence electrons. The van der Waals surface area contributed by atoms with Gasteiger partial charge in [0.05, 0.1) is 0 Å². The van der Waals surface area contributed by atoms with E-state index in [1.54, 1.807) is 4.90 Å². The van der Waals surface area contributed by atoms with E-state index in [9.17, 15) is 14.4 Å². The van der Waals surface area contributed by atoms with Gasteiger partial charge in [0.25, 0.3) is 5.91 Å². The number of aromatic nitrogens is 1. The van der Waals surface area contributed by atoms with Crippen LogP contribution in [0.1, 0.15) is 33.7 Å². The Morgan fingerprint density at radius 2 is 2.14 bits per heavy atom. The van der Waals surface area contributed by atoms with Gasteiger partial charge in [-0.15, -0.1) is 0 Å². The van der Waals surface area contributed by atoms with E-state index >= 15 is 0 Å². The fourth-order valence-corrected chi connectivity index (χ4v) is 2.91. The number of aromatic carboxylic acids is 1. The molecule has 2 aliphatic heterocycles. The summed E-state index contributed by atoms with van der Waals surface area (Å²) in [7, 11) is 0. The molecule has 1 aromatic heterocycles. The average Bonchev–Trinajstić information content (AvgIpc) is 2.87. The van der Waals surface area contributed by atoms with E-state index in [0.29, 0.717) is 31.6 Å². The van der Waals surface area contributed by atoms with E-state index in [1.807, 2.05) is 4.90 Å². The maximum absolute atomic E-state index is 12.4. The molecule has 0 aliphatic carbocycles. The molecule has 0 spiro atoms. The lowest BCUT2D eigenvalue weighted by Crippen LogP contribution is -2.53. The van der Waals surface area contributed by atoms with Crippen LogP contribution in [0.15, 0.2) is 18.3 Å². The highest BCUT2D eigenvalue weighted by molar-refractivity contribution is 5.96. The number of fused-ring (bicyclic) bond motifs is 1. The molecule has 2 amide bonds. The first-order chi connectivity index (χ1) is 10.1. The van der Waals surface area contributed by atoms with Crippen molar-refractivity contribution >= 4 is 17.8 Å². The highest BCUT2D eigenvalue weighted by Gasteiger charge is 2.37. The van der Waals surface area contributed by atoms with Gasteiger partial charge in [-0.1, -0.05) is 0 Å². The van der Waals surface area contributed by atoms with Crippen LogP contribution < -0.4 is 0 Å². The van der Waals surface area contributed by atoms with Gasteiger partial charge in [0.2, 0.25) is 5.91 Å². The fourth-order valence-electron chi connectivity index (χ4n) is 2.91. The summed E-state index contributed by atoms with van der Waals surface area (Å²) in [6.45, 7) is 1.53. The highest BCUT2D eigenvalue weighted by Crippen LogP contribution is 2.23. The summed E-state index contributed by atoms with van der Waals surface area (Å²) in [5.41, 5.74) is 0.177. The maximum atomic E-state index is 12.4. The van der Waals surface area contributed by atoms with Crippen molar-refractivity contribution in [3.63, 3.8) is 0 Å². The zero-order valence-electron chi connectivity index (χ0n) is 11.4. The number of carbonyl (C=O) groups is 3. The normalized spacial score (nSPS) is 21.3. The number of hydrogen-bond acceptors (Lipinski definition) is 4. The molecule has 2 saturated heterocycles. The smallest absolute Gasteiger partial charge is 0.354 e. The van der Waals surface area contributed by atoms with Gasteiger partial charge in [-0.25, -0.2) is 9.78 Å². The molecule has 2 fully saturated rings. The maximum Gasteiger partial charge on any atom is 0.354 e. The van der Waals surface area contributed by atoms with E-state index in [0.717, 1.165) is 6.42 Å². The summed E-state index contributed by atoms with van der Waals surface area (Å²) in [5.74, 6) is -1.21. The second-order valence-electron chi connectivity index (χ2n) is 5.27. The number of piperazine rings is 1. The van der Waals surface area contributed by atoms with Crippen molar-refractivity contribution in [3.05, 3.63) is 29.6 Å². The molecule has 1 unspecified atom stereocenters. The van der Waals surface area contributed by atoms with Crippen molar-refractivity contribution in [2.24, 2.45) is 0 Å². The molecular formula is C14H15N3O4. The van der Waals surface area contributed by atoms with Crippen molar-refractivity contribution in [1.82, 2.24) is 14.8 Å². The number of amides is 2. The lowest BCUT2D eigenvalue weighted by atomic mass is 10.1. The number of rotatable bonds is 2. The predicted octanol–water partition coefficient (Wildman–Crippen LogP) is 0.227. The van der Waals surface area contributed by atoms with Gasteiger partial charge in [0, 0.05) is 43.9 Å². The minimum absolute atomic E-state index is 0.0935. The Morgan fingerprint density at radius 3 is 2.90 bits per heavy atom. The molecule has 1 atom stereocenters. The monoisotopic (exact) mass is 289 g/mol. The zero-order chi connectivity index (χ0) is 15.0. The fraction of sp³-hybridized carbons (Fsp3) is 0.429. The quantitative estimate of drug-likeness (QED) is 0.841. The summed E-state index contributed by atoms with van der Waals surface area (Å²) >= 11 is 0. The first-order valence-corrected chi connectivity index (χ1v) is 6.84. The minimum atomic E-state index is -1.16. The molecule has 0 radical (unpaired) electrons. The second kappa shape index (κ2) is 5.16. The first kappa shape index (κ1) is 13.5. The molecule has 2 aliphatic rings. The van der Waals surface area contributed by atoms with Crippen LogP contribution in [0.5, 0.6) is 0 Å². The van der Waals surface area contributed by atoms with Gasteiger partial charge < -0.3 is 14.9 Å². The van der Waals surface area contributed by atoms with Crippen molar-refractivity contribution in [1.29, 1.82) is 0 Å². The Hall–Kier alpha value is -2.44. The van der Waals surface area contributed by atoms with Crippen LogP contribution in [-0.4, -0.2) is 63.4 Å². The van der Waals surface area contributed by atoms with E-state index in [-0.39, 0.29) is 23.6 Å². The number of carboxylic acid groups (broad SMARTS) is 1. The Morgan fingerprint density at radius 1 is 1.33 bits per heavy atom. The van der Waals surface area contributed by atoms with Gasteiger partial charge >= 0.3 is 5.97 Å². The summed E-state index contributed by atoms with van der Waals surface area (Å²) in [6.07, 6.45) is 2.65. The molecule has 1 aromatic rings. The van der Waals surface area contributed by atoms with Gasteiger partial charge in [0.15, 0.2) is 0 Å². The summed E-state index contributed by atoms with van der Waals surface area (Å²) in [6, 6.07) is 2.90. The van der Waals surface area contributed by atoms with Crippen molar-refractivity contribution < 1.29 is 19.5 Å². The molecule has 3 heterocycles. The Labute approximate surface area is 121 Å². The number of nitrogens with zero attached hydrogens (tertiary/aromatic N) is 3. The van der Waals surface area contributed by atoms with Crippen molar-refractivity contribution in [3.8, 4) is 0 Å². The lowest BCUT2D eigenvalue weighted by molar-refractivity contribution is -0.130. The van der Waals surface area contributed by atoms with Gasteiger partial charge in [-0.2, -0.15) is 0 Å². The summed E-state index contributed by atoms with van der Waals surface area (Å²) < 4.78 is 0. The second-order valence-corrected chi connectivity index (χ2v) is 5.27.